The van der Waals surface area contributed by atoms with Crippen LogP contribution < -0.4 is 10.2 Å². The van der Waals surface area contributed by atoms with Gasteiger partial charge in [0.2, 0.25) is 5.95 Å². The number of aliphatic imine (C=N–C) groups is 1. The molecule has 1 saturated heterocycles. The quantitative estimate of drug-likeness (QED) is 0.320. The minimum Gasteiger partial charge on any atom is -0.377 e. The Labute approximate surface area is 166 Å². The zero-order chi connectivity index (χ0) is 16.6. The fraction of sp³-hybridized carbons (Fsp3) is 0.588. The number of nitrogens with one attached hydrogen (secondary N) is 1. The number of piperazine rings is 1. The second kappa shape index (κ2) is 10.5. The van der Waals surface area contributed by atoms with Crippen LogP contribution in [0.2, 0.25) is 0 Å². The Bertz CT molecular complexity index is 572. The molecular weight excluding hydrogens is 431 g/mol. The molecule has 0 bridgehead atoms. The molecular formula is C17H27IN6O. The van der Waals surface area contributed by atoms with Gasteiger partial charge >= 0.3 is 0 Å². The summed E-state index contributed by atoms with van der Waals surface area (Å²) in [5.41, 5.74) is 1.48. The molecule has 0 spiro atoms. The smallest absolute Gasteiger partial charge is 0.225 e. The van der Waals surface area contributed by atoms with E-state index >= 15 is 0 Å². The first-order valence-electron chi connectivity index (χ1n) is 8.60. The fourth-order valence-corrected chi connectivity index (χ4v) is 3.03. The number of halogens is 1. The van der Waals surface area contributed by atoms with Crippen LogP contribution in [0.25, 0.3) is 0 Å². The van der Waals surface area contributed by atoms with Gasteiger partial charge in [-0.25, -0.2) is 9.97 Å². The van der Waals surface area contributed by atoms with Gasteiger partial charge in [-0.15, -0.1) is 24.0 Å². The van der Waals surface area contributed by atoms with Gasteiger partial charge in [-0.05, 0) is 18.9 Å². The molecule has 25 heavy (non-hydrogen) atoms. The van der Waals surface area contributed by atoms with Crippen LogP contribution >= 0.6 is 24.0 Å². The van der Waals surface area contributed by atoms with Gasteiger partial charge in [0.1, 0.15) is 0 Å². The van der Waals surface area contributed by atoms with E-state index in [-0.39, 0.29) is 24.0 Å². The van der Waals surface area contributed by atoms with Crippen molar-refractivity contribution in [2.75, 3.05) is 57.9 Å². The first kappa shape index (κ1) is 19.9. The highest BCUT2D eigenvalue weighted by Crippen LogP contribution is 2.12. The zero-order valence-electron chi connectivity index (χ0n) is 14.7. The summed E-state index contributed by atoms with van der Waals surface area (Å²) < 4.78 is 5.35. The lowest BCUT2D eigenvalue weighted by molar-refractivity contribution is 0.153. The van der Waals surface area contributed by atoms with E-state index in [1.165, 1.54) is 5.57 Å². The van der Waals surface area contributed by atoms with Crippen LogP contribution in [0.5, 0.6) is 0 Å². The van der Waals surface area contributed by atoms with Crippen molar-refractivity contribution in [1.82, 2.24) is 20.2 Å². The normalized spacial score (nSPS) is 18.4. The summed E-state index contributed by atoms with van der Waals surface area (Å²) in [4.78, 5) is 17.6. The highest BCUT2D eigenvalue weighted by molar-refractivity contribution is 14.0. The van der Waals surface area contributed by atoms with E-state index in [2.05, 4.69) is 36.2 Å². The molecule has 0 amide bonds. The third-order valence-electron chi connectivity index (χ3n) is 4.41. The molecule has 0 atom stereocenters. The van der Waals surface area contributed by atoms with E-state index in [0.717, 1.165) is 70.7 Å². The molecule has 1 fully saturated rings. The Kier molecular flexibility index (Phi) is 8.39. The molecule has 2 aliphatic heterocycles. The van der Waals surface area contributed by atoms with Crippen LogP contribution in [0.3, 0.4) is 0 Å². The summed E-state index contributed by atoms with van der Waals surface area (Å²) in [7, 11) is 1.85. The minimum absolute atomic E-state index is 0. The molecule has 0 unspecified atom stereocenters. The SMILES string of the molecule is CN=C(NCCC1=CCOCC1)N1CCN(c2ncccn2)CC1.I. The molecule has 1 aromatic heterocycles. The molecule has 1 aromatic rings. The largest absolute Gasteiger partial charge is 0.377 e. The number of ether oxygens (including phenoxy) is 1. The average molecular weight is 458 g/mol. The maximum absolute atomic E-state index is 5.35. The summed E-state index contributed by atoms with van der Waals surface area (Å²) in [6, 6.07) is 1.85. The molecule has 3 rings (SSSR count). The molecule has 1 N–H and O–H groups in total. The Morgan fingerprint density at radius 2 is 2.00 bits per heavy atom. The molecule has 138 valence electrons. The maximum Gasteiger partial charge on any atom is 0.225 e. The van der Waals surface area contributed by atoms with Crippen molar-refractivity contribution in [2.24, 2.45) is 4.99 Å². The fourth-order valence-electron chi connectivity index (χ4n) is 3.03. The Balaban J connectivity index is 0.00000225. The van der Waals surface area contributed by atoms with Crippen molar-refractivity contribution in [2.45, 2.75) is 12.8 Å². The van der Waals surface area contributed by atoms with Crippen molar-refractivity contribution in [3.8, 4) is 0 Å². The van der Waals surface area contributed by atoms with Crippen molar-refractivity contribution >= 4 is 35.9 Å². The highest BCUT2D eigenvalue weighted by Gasteiger charge is 2.20. The molecule has 0 radical (unpaired) electrons. The van der Waals surface area contributed by atoms with E-state index in [1.807, 2.05) is 13.1 Å². The molecule has 0 aliphatic carbocycles. The third-order valence-corrected chi connectivity index (χ3v) is 4.41. The van der Waals surface area contributed by atoms with Gasteiger partial charge in [0.25, 0.3) is 0 Å². The number of guanidine groups is 1. The lowest BCUT2D eigenvalue weighted by atomic mass is 10.1. The first-order chi connectivity index (χ1) is 11.9. The minimum atomic E-state index is 0. The van der Waals surface area contributed by atoms with Gasteiger partial charge in [-0.2, -0.15) is 0 Å². The number of aromatic nitrogens is 2. The van der Waals surface area contributed by atoms with Crippen LogP contribution in [-0.2, 0) is 4.74 Å². The van der Waals surface area contributed by atoms with Gasteiger partial charge in [0.15, 0.2) is 5.96 Å². The van der Waals surface area contributed by atoms with Crippen molar-refractivity contribution in [1.29, 1.82) is 0 Å². The van der Waals surface area contributed by atoms with Gasteiger partial charge < -0.3 is 19.9 Å². The lowest BCUT2D eigenvalue weighted by Crippen LogP contribution is -2.53. The topological polar surface area (TPSA) is 65.9 Å². The van der Waals surface area contributed by atoms with Crippen LogP contribution in [0.1, 0.15) is 12.8 Å². The predicted octanol–water partition coefficient (Wildman–Crippen LogP) is 1.53. The molecule has 7 nitrogen and oxygen atoms in total. The summed E-state index contributed by atoms with van der Waals surface area (Å²) >= 11 is 0. The van der Waals surface area contributed by atoms with Gasteiger partial charge in [-0.3, -0.25) is 4.99 Å². The molecule has 0 saturated carbocycles. The Morgan fingerprint density at radius 1 is 1.24 bits per heavy atom. The molecule has 0 aromatic carbocycles. The number of anilines is 1. The van der Waals surface area contributed by atoms with Crippen molar-refractivity contribution in [3.05, 3.63) is 30.1 Å². The van der Waals surface area contributed by atoms with E-state index < -0.39 is 0 Å². The molecule has 3 heterocycles. The monoisotopic (exact) mass is 458 g/mol. The standard InChI is InChI=1S/C17H26N6O.HI/c1-18-16(21-8-3-15-4-13-24-14-5-15)22-9-11-23(12-10-22)17-19-6-2-7-20-17;/h2,4,6-7H,3,5,8-14H2,1H3,(H,18,21);1H. The zero-order valence-corrected chi connectivity index (χ0v) is 17.1. The Hall–Kier alpha value is -1.42. The second-order valence-electron chi connectivity index (χ2n) is 5.93. The first-order valence-corrected chi connectivity index (χ1v) is 8.60. The third kappa shape index (κ3) is 5.81. The Morgan fingerprint density at radius 3 is 2.64 bits per heavy atom. The van der Waals surface area contributed by atoms with Crippen LogP contribution in [-0.4, -0.2) is 73.8 Å². The maximum atomic E-state index is 5.35. The van der Waals surface area contributed by atoms with Crippen molar-refractivity contribution in [3.63, 3.8) is 0 Å². The van der Waals surface area contributed by atoms with Gasteiger partial charge in [-0.1, -0.05) is 11.6 Å². The summed E-state index contributed by atoms with van der Waals surface area (Å²) in [6.45, 7) is 6.20. The highest BCUT2D eigenvalue weighted by atomic mass is 127. The number of rotatable bonds is 4. The average Bonchev–Trinajstić information content (AvgIpc) is 2.67. The van der Waals surface area contributed by atoms with Crippen LogP contribution in [0.15, 0.2) is 35.1 Å². The van der Waals surface area contributed by atoms with Gasteiger partial charge in [0.05, 0.1) is 13.2 Å². The van der Waals surface area contributed by atoms with E-state index in [4.69, 9.17) is 4.74 Å². The number of nitrogens with zero attached hydrogens (tertiary/aromatic N) is 5. The van der Waals surface area contributed by atoms with E-state index in [0.29, 0.717) is 0 Å². The molecule has 8 heteroatoms. The van der Waals surface area contributed by atoms with Crippen LogP contribution in [0, 0.1) is 0 Å². The summed E-state index contributed by atoms with van der Waals surface area (Å²) in [6.07, 6.45) is 7.89. The number of hydrogen-bond donors (Lipinski definition) is 1. The second-order valence-corrected chi connectivity index (χ2v) is 5.93. The van der Waals surface area contributed by atoms with E-state index in [9.17, 15) is 0 Å². The number of hydrogen-bond acceptors (Lipinski definition) is 5. The lowest BCUT2D eigenvalue weighted by Gasteiger charge is -2.36. The van der Waals surface area contributed by atoms with Gasteiger partial charge in [0, 0.05) is 52.2 Å². The summed E-state index contributed by atoms with van der Waals surface area (Å²) in [5, 5.41) is 3.49. The van der Waals surface area contributed by atoms with Crippen molar-refractivity contribution < 1.29 is 4.74 Å². The summed E-state index contributed by atoms with van der Waals surface area (Å²) in [5.74, 6) is 1.79. The van der Waals surface area contributed by atoms with Crippen LogP contribution in [0.4, 0.5) is 5.95 Å². The van der Waals surface area contributed by atoms with E-state index in [1.54, 1.807) is 12.4 Å². The predicted molar refractivity (Wildman–Crippen MR) is 111 cm³/mol. The molecule has 2 aliphatic rings.